The topological polar surface area (TPSA) is 177 Å². The first-order valence-electron chi connectivity index (χ1n) is 22.2. The number of benzene rings is 1. The molecule has 1 unspecified atom stereocenters. The molecular formula is C44H59Cl2F6N7O7. The molecule has 2 aliphatic heterocycles. The largest absolute Gasteiger partial charge is 0.403 e. The Kier molecular flexibility index (Phi) is 16.3. The minimum atomic E-state index is -5.43. The third kappa shape index (κ3) is 12.0. The Labute approximate surface area is 389 Å². The zero-order chi connectivity index (χ0) is 49.3. The van der Waals surface area contributed by atoms with Crippen LogP contribution in [0, 0.1) is 17.3 Å². The van der Waals surface area contributed by atoms with Gasteiger partial charge in [-0.05, 0) is 94.4 Å². The minimum absolute atomic E-state index is 0.0116. The molecule has 368 valence electrons. The van der Waals surface area contributed by atoms with Gasteiger partial charge in [-0.2, -0.15) is 13.2 Å². The van der Waals surface area contributed by atoms with Gasteiger partial charge in [0.25, 0.3) is 0 Å². The van der Waals surface area contributed by atoms with Gasteiger partial charge in [-0.1, -0.05) is 37.0 Å². The number of likely N-dealkylation sites (N-methyl/N-ethyl adjacent to an activating group) is 2. The normalized spacial score (nSPS) is 28.4. The van der Waals surface area contributed by atoms with Gasteiger partial charge in [0.05, 0.1) is 6.54 Å². The summed E-state index contributed by atoms with van der Waals surface area (Å²) in [5, 5.41) is 11.4. The van der Waals surface area contributed by atoms with Crippen LogP contribution in [-0.2, 0) is 40.0 Å². The van der Waals surface area contributed by atoms with Crippen LogP contribution in [0.5, 0.6) is 0 Å². The molecule has 1 aromatic carbocycles. The lowest BCUT2D eigenvalue weighted by molar-refractivity contribution is -0.231. The first-order chi connectivity index (χ1) is 30.6. The Morgan fingerprint density at radius 2 is 1.67 bits per heavy atom. The van der Waals surface area contributed by atoms with Crippen LogP contribution < -0.4 is 21.3 Å². The van der Waals surface area contributed by atoms with E-state index < -0.39 is 139 Å². The van der Waals surface area contributed by atoms with E-state index >= 15 is 0 Å². The molecule has 2 heterocycles. The molecule has 66 heavy (non-hydrogen) atoms. The molecule has 4 N–H and O–H groups in total. The summed E-state index contributed by atoms with van der Waals surface area (Å²) < 4.78 is 86.8. The highest BCUT2D eigenvalue weighted by Gasteiger charge is 2.69. The third-order valence-electron chi connectivity index (χ3n) is 13.1. The molecule has 0 radical (unpaired) electrons. The number of nitrogens with one attached hydrogen (secondary N) is 4. The van der Waals surface area contributed by atoms with Crippen LogP contribution in [0.4, 0.5) is 26.3 Å². The minimum Gasteiger partial charge on any atom is -0.354 e. The maximum atomic E-state index is 15.0. The Morgan fingerprint density at radius 1 is 1.00 bits per heavy atom. The Morgan fingerprint density at radius 3 is 2.26 bits per heavy atom. The number of alkyl halides is 6. The van der Waals surface area contributed by atoms with Gasteiger partial charge >= 0.3 is 6.18 Å². The Balaban J connectivity index is 1.42. The highest BCUT2D eigenvalue weighted by molar-refractivity contribution is 6.33. The van der Waals surface area contributed by atoms with Gasteiger partial charge in [-0.15, -0.1) is 0 Å². The predicted octanol–water partition coefficient (Wildman–Crippen LogP) is 5.12. The van der Waals surface area contributed by atoms with Gasteiger partial charge in [0.1, 0.15) is 41.9 Å². The van der Waals surface area contributed by atoms with Crippen molar-refractivity contribution >= 4 is 64.6 Å². The molecule has 22 heteroatoms. The van der Waals surface area contributed by atoms with Gasteiger partial charge in [-0.25, -0.2) is 13.2 Å². The second kappa shape index (κ2) is 20.5. The fourth-order valence-electron chi connectivity index (χ4n) is 9.03. The van der Waals surface area contributed by atoms with Crippen molar-refractivity contribution in [2.24, 2.45) is 17.3 Å². The molecule has 0 spiro atoms. The van der Waals surface area contributed by atoms with Gasteiger partial charge in [0.15, 0.2) is 5.41 Å². The van der Waals surface area contributed by atoms with Crippen LogP contribution in [0.25, 0.3) is 0 Å². The van der Waals surface area contributed by atoms with E-state index in [1.807, 2.05) is 13.8 Å². The van der Waals surface area contributed by atoms with E-state index in [2.05, 4.69) is 21.3 Å². The number of rotatable bonds is 10. The van der Waals surface area contributed by atoms with Gasteiger partial charge in [0.2, 0.25) is 47.3 Å². The second-order valence-corrected chi connectivity index (χ2v) is 20.0. The molecule has 2 saturated carbocycles. The van der Waals surface area contributed by atoms with Crippen molar-refractivity contribution in [3.63, 3.8) is 0 Å². The van der Waals surface area contributed by atoms with Crippen LogP contribution in [0.3, 0.4) is 0 Å². The second-order valence-electron chi connectivity index (χ2n) is 19.2. The van der Waals surface area contributed by atoms with Gasteiger partial charge in [0, 0.05) is 56.4 Å². The third-order valence-corrected chi connectivity index (χ3v) is 13.7. The number of carbonyl (C=O) groups is 7. The number of halogens is 8. The van der Waals surface area contributed by atoms with Crippen LogP contribution >= 0.6 is 23.2 Å². The fourth-order valence-corrected chi connectivity index (χ4v) is 9.42. The maximum absolute atomic E-state index is 15.0. The van der Waals surface area contributed by atoms with Crippen LogP contribution in [0.2, 0.25) is 10.0 Å². The lowest BCUT2D eigenvalue weighted by atomic mass is 9.83. The molecule has 4 fully saturated rings. The van der Waals surface area contributed by atoms with Crippen LogP contribution in [-0.4, -0.2) is 137 Å². The lowest BCUT2D eigenvalue weighted by Gasteiger charge is -2.37. The SMILES string of the molecule is CC(C)C[C@@H]1NC(=O)[C@@H](N(C)C(=O)[C@@H](NC(=O)[C@@H]2C[C@@H](F)CN2C(=O)C2(C(F)(F)F)CCC(F)(F)C2)C2CC2)CCCCNC(=O)C(C)(C)NC(=O)[C@H](Cc2cc(Cl)ccc2Cl)N(C)C1=O. The van der Waals surface area contributed by atoms with E-state index in [-0.39, 0.29) is 43.2 Å². The van der Waals surface area contributed by atoms with Crippen molar-refractivity contribution < 1.29 is 59.9 Å². The Bertz CT molecular complexity index is 2040. The maximum Gasteiger partial charge on any atom is 0.403 e. The molecule has 0 bridgehead atoms. The average molecular weight is 983 g/mol. The summed E-state index contributed by atoms with van der Waals surface area (Å²) >= 11 is 12.7. The van der Waals surface area contributed by atoms with E-state index in [9.17, 15) is 59.9 Å². The number of carbonyl (C=O) groups excluding carboxylic acids is 7. The van der Waals surface area contributed by atoms with E-state index in [1.54, 1.807) is 12.1 Å². The molecule has 4 aliphatic rings. The smallest absolute Gasteiger partial charge is 0.354 e. The molecule has 2 aliphatic carbocycles. The summed E-state index contributed by atoms with van der Waals surface area (Å²) in [6.07, 6.45) is -11.2. The number of nitrogens with zero attached hydrogens (tertiary/aromatic N) is 3. The lowest BCUT2D eigenvalue weighted by Crippen LogP contribution is -2.62. The number of amides is 7. The van der Waals surface area contributed by atoms with E-state index in [0.29, 0.717) is 34.7 Å². The van der Waals surface area contributed by atoms with E-state index in [1.165, 1.54) is 34.0 Å². The molecule has 14 nitrogen and oxygen atoms in total. The molecule has 2 saturated heterocycles. The monoisotopic (exact) mass is 981 g/mol. The zero-order valence-corrected chi connectivity index (χ0v) is 39.3. The quantitative estimate of drug-likeness (QED) is 0.236. The highest BCUT2D eigenvalue weighted by atomic mass is 35.5. The van der Waals surface area contributed by atoms with Gasteiger partial charge < -0.3 is 36.0 Å². The first-order valence-corrected chi connectivity index (χ1v) is 22.9. The number of likely N-dealkylation sites (tertiary alicyclic amines) is 1. The zero-order valence-electron chi connectivity index (χ0n) is 37.8. The average Bonchev–Trinajstić information content (AvgIpc) is 3.90. The van der Waals surface area contributed by atoms with Crippen LogP contribution in [0.15, 0.2) is 18.2 Å². The van der Waals surface area contributed by atoms with Crippen molar-refractivity contribution in [3.05, 3.63) is 33.8 Å². The standard InChI is InChI=1S/C44H59Cl2F6N7O7/c1-23(2)17-29-37(63)58(6)31(19-25-18-26(45)12-13-28(25)46)36(62)56-41(3,4)39(65)53-16-8-7-9-30(34(60)54-29)57(5)38(64)33(24-10-11-24)55-35(61)32-20-27(47)21-59(32)40(66)42(44(50,51)52)14-15-43(48,49)22-42/h12-13,18,23-24,27,29-33H,7-11,14-17,19-22H2,1-6H3,(H,53,65)(H,54,60)(H,55,61)(H,56,62)/t27-,29+,30+,31+,32+,33+,42?/m1/s1. The van der Waals surface area contributed by atoms with Crippen molar-refractivity contribution in [2.75, 3.05) is 27.2 Å². The number of hydrogen-bond donors (Lipinski definition) is 4. The summed E-state index contributed by atoms with van der Waals surface area (Å²) in [4.78, 5) is 101. The summed E-state index contributed by atoms with van der Waals surface area (Å²) in [6.45, 7) is 5.75. The predicted molar refractivity (Wildman–Crippen MR) is 231 cm³/mol. The van der Waals surface area contributed by atoms with Crippen molar-refractivity contribution in [3.8, 4) is 0 Å². The van der Waals surface area contributed by atoms with Crippen molar-refractivity contribution in [2.45, 2.75) is 152 Å². The molecule has 5 rings (SSSR count). The molecular weight excluding hydrogens is 923 g/mol. The summed E-state index contributed by atoms with van der Waals surface area (Å²) in [5.74, 6) is -11.0. The highest BCUT2D eigenvalue weighted by Crippen LogP contribution is 2.57. The van der Waals surface area contributed by atoms with Crippen molar-refractivity contribution in [1.82, 2.24) is 36.0 Å². The molecule has 0 aromatic heterocycles. The van der Waals surface area contributed by atoms with E-state index in [4.69, 9.17) is 23.2 Å². The van der Waals surface area contributed by atoms with E-state index in [0.717, 1.165) is 9.80 Å². The molecule has 7 atom stereocenters. The molecule has 7 amide bonds. The van der Waals surface area contributed by atoms with Crippen LogP contribution in [0.1, 0.15) is 97.5 Å². The first kappa shape index (κ1) is 52.6. The van der Waals surface area contributed by atoms with Gasteiger partial charge in [-0.3, -0.25) is 33.6 Å². The summed E-state index contributed by atoms with van der Waals surface area (Å²) in [5.41, 5.74) is -4.58. The fraction of sp³-hybridized carbons (Fsp3) is 0.705. The molecule has 1 aromatic rings. The Hall–Kier alpha value is -4.33. The number of hydrogen-bond acceptors (Lipinski definition) is 7. The van der Waals surface area contributed by atoms with Crippen molar-refractivity contribution in [1.29, 1.82) is 0 Å². The summed E-state index contributed by atoms with van der Waals surface area (Å²) in [7, 11) is 2.67. The summed E-state index contributed by atoms with van der Waals surface area (Å²) in [6, 6.07) is -2.45.